The molecule has 1 amide bonds. The molecule has 3 N–H and O–H groups in total. The van der Waals surface area contributed by atoms with E-state index in [1.165, 1.54) is 36.3 Å². The number of fused-ring (bicyclic) bond motifs is 1. The molecule has 0 saturated heterocycles. The zero-order valence-corrected chi connectivity index (χ0v) is 13.3. The van der Waals surface area contributed by atoms with Crippen LogP contribution in [0.15, 0.2) is 0 Å². The van der Waals surface area contributed by atoms with Crippen LogP contribution in [0.25, 0.3) is 0 Å². The maximum absolute atomic E-state index is 12.1. The lowest BCUT2D eigenvalue weighted by Crippen LogP contribution is -2.40. The second-order valence-corrected chi connectivity index (χ2v) is 6.79. The molecule has 1 aliphatic rings. The number of aromatic nitrogens is 1. The standard InChI is InChI=1S/C15H25N3OS/c1-3-10(2)13(16)14(19)18-15-17-11-8-6-4-5-7-9-12(11)20-15/h10,13H,3-9,16H2,1-2H3,(H,17,18,19). The summed E-state index contributed by atoms with van der Waals surface area (Å²) in [6.07, 6.45) is 8.07. The van der Waals surface area contributed by atoms with Gasteiger partial charge in [0.25, 0.3) is 0 Å². The van der Waals surface area contributed by atoms with Crippen LogP contribution in [0.4, 0.5) is 5.13 Å². The van der Waals surface area contributed by atoms with Gasteiger partial charge in [-0.15, -0.1) is 11.3 Å². The molecule has 2 unspecified atom stereocenters. The third-order valence-corrected chi connectivity index (χ3v) is 5.21. The van der Waals surface area contributed by atoms with Gasteiger partial charge in [0.15, 0.2) is 5.13 Å². The number of amides is 1. The normalized spacial score (nSPS) is 18.6. The summed E-state index contributed by atoms with van der Waals surface area (Å²) in [6, 6.07) is -0.452. The fraction of sp³-hybridized carbons (Fsp3) is 0.733. The van der Waals surface area contributed by atoms with Crippen molar-refractivity contribution in [2.75, 3.05) is 5.32 Å². The van der Waals surface area contributed by atoms with Crippen molar-refractivity contribution in [2.24, 2.45) is 11.7 Å². The molecule has 1 aliphatic carbocycles. The SMILES string of the molecule is CCC(C)C(N)C(=O)Nc1nc2c(s1)CCCCCC2. The van der Waals surface area contributed by atoms with Gasteiger partial charge in [0.1, 0.15) is 0 Å². The topological polar surface area (TPSA) is 68.0 Å². The van der Waals surface area contributed by atoms with Crippen molar-refractivity contribution in [1.29, 1.82) is 0 Å². The van der Waals surface area contributed by atoms with Gasteiger partial charge in [0.05, 0.1) is 11.7 Å². The quantitative estimate of drug-likeness (QED) is 0.896. The van der Waals surface area contributed by atoms with E-state index in [0.717, 1.165) is 24.4 Å². The summed E-state index contributed by atoms with van der Waals surface area (Å²) in [4.78, 5) is 18.0. The van der Waals surface area contributed by atoms with E-state index in [9.17, 15) is 4.79 Å². The highest BCUT2D eigenvalue weighted by Crippen LogP contribution is 2.28. The minimum Gasteiger partial charge on any atom is -0.320 e. The van der Waals surface area contributed by atoms with Crippen molar-refractivity contribution in [3.05, 3.63) is 10.6 Å². The van der Waals surface area contributed by atoms with E-state index >= 15 is 0 Å². The molecule has 0 saturated carbocycles. The van der Waals surface area contributed by atoms with E-state index in [0.29, 0.717) is 0 Å². The maximum Gasteiger partial charge on any atom is 0.243 e. The molecular weight excluding hydrogens is 270 g/mol. The third-order valence-electron chi connectivity index (χ3n) is 4.14. The van der Waals surface area contributed by atoms with Gasteiger partial charge in [-0.3, -0.25) is 4.79 Å². The first-order valence-corrected chi connectivity index (χ1v) is 8.48. The zero-order valence-electron chi connectivity index (χ0n) is 12.4. The highest BCUT2D eigenvalue weighted by atomic mass is 32.1. The van der Waals surface area contributed by atoms with Crippen LogP contribution < -0.4 is 11.1 Å². The highest BCUT2D eigenvalue weighted by Gasteiger charge is 2.21. The number of carbonyl (C=O) groups is 1. The number of anilines is 1. The number of nitrogens with one attached hydrogen (secondary N) is 1. The molecule has 1 aromatic heterocycles. The van der Waals surface area contributed by atoms with Gasteiger partial charge < -0.3 is 11.1 Å². The largest absolute Gasteiger partial charge is 0.320 e. The van der Waals surface area contributed by atoms with Crippen molar-refractivity contribution >= 4 is 22.4 Å². The van der Waals surface area contributed by atoms with Crippen molar-refractivity contribution in [3.8, 4) is 0 Å². The smallest absolute Gasteiger partial charge is 0.243 e. The van der Waals surface area contributed by atoms with Gasteiger partial charge in [0.2, 0.25) is 5.91 Å². The van der Waals surface area contributed by atoms with E-state index in [1.54, 1.807) is 11.3 Å². The van der Waals surface area contributed by atoms with Crippen LogP contribution in [-0.4, -0.2) is 16.9 Å². The lowest BCUT2D eigenvalue weighted by atomic mass is 10.00. The van der Waals surface area contributed by atoms with Crippen LogP contribution in [-0.2, 0) is 17.6 Å². The van der Waals surface area contributed by atoms with Gasteiger partial charge in [-0.1, -0.05) is 33.1 Å². The first-order valence-electron chi connectivity index (χ1n) is 7.66. The molecule has 2 rings (SSSR count). The van der Waals surface area contributed by atoms with E-state index < -0.39 is 6.04 Å². The Morgan fingerprint density at radius 1 is 1.35 bits per heavy atom. The number of hydrogen-bond acceptors (Lipinski definition) is 4. The third kappa shape index (κ3) is 3.79. The summed E-state index contributed by atoms with van der Waals surface area (Å²) in [7, 11) is 0. The van der Waals surface area contributed by atoms with Gasteiger partial charge >= 0.3 is 0 Å². The van der Waals surface area contributed by atoms with Gasteiger partial charge in [-0.05, 0) is 31.6 Å². The predicted octanol–water partition coefficient (Wildman–Crippen LogP) is 3.11. The molecule has 0 fully saturated rings. The lowest BCUT2D eigenvalue weighted by molar-refractivity contribution is -0.118. The molecule has 1 heterocycles. The van der Waals surface area contributed by atoms with Gasteiger partial charge in [0, 0.05) is 4.88 Å². The first-order chi connectivity index (χ1) is 9.61. The van der Waals surface area contributed by atoms with Gasteiger partial charge in [-0.2, -0.15) is 0 Å². The molecule has 2 atom stereocenters. The summed E-state index contributed by atoms with van der Waals surface area (Å²) < 4.78 is 0. The fourth-order valence-electron chi connectivity index (χ4n) is 2.46. The summed E-state index contributed by atoms with van der Waals surface area (Å²) in [5, 5.41) is 3.62. The van der Waals surface area contributed by atoms with Crippen LogP contribution in [0.2, 0.25) is 0 Å². The Hall–Kier alpha value is -0.940. The van der Waals surface area contributed by atoms with Crippen LogP contribution in [0.1, 0.15) is 56.5 Å². The molecule has 112 valence electrons. The number of nitrogens with two attached hydrogens (primary N) is 1. The average Bonchev–Trinajstić information content (AvgIpc) is 2.78. The minimum absolute atomic E-state index is 0.110. The van der Waals surface area contributed by atoms with Gasteiger partial charge in [-0.25, -0.2) is 4.98 Å². The Bertz CT molecular complexity index is 432. The second-order valence-electron chi connectivity index (χ2n) is 5.70. The Morgan fingerprint density at radius 2 is 2.05 bits per heavy atom. The molecule has 0 bridgehead atoms. The van der Waals surface area contributed by atoms with E-state index in [-0.39, 0.29) is 11.8 Å². The summed E-state index contributed by atoms with van der Waals surface area (Å²) in [5.74, 6) is 0.0806. The van der Waals surface area contributed by atoms with Crippen molar-refractivity contribution in [3.63, 3.8) is 0 Å². The minimum atomic E-state index is -0.452. The Kier molecular flexibility index (Phi) is 5.54. The van der Waals surface area contributed by atoms with Crippen LogP contribution in [0.5, 0.6) is 0 Å². The number of nitrogens with zero attached hydrogens (tertiary/aromatic N) is 1. The fourth-order valence-corrected chi connectivity index (χ4v) is 3.51. The molecule has 1 aromatic rings. The molecular formula is C15H25N3OS. The maximum atomic E-state index is 12.1. The average molecular weight is 295 g/mol. The Labute approximate surface area is 125 Å². The number of rotatable bonds is 4. The molecule has 0 aliphatic heterocycles. The molecule has 0 aromatic carbocycles. The summed E-state index contributed by atoms with van der Waals surface area (Å²) in [6.45, 7) is 4.05. The van der Waals surface area contributed by atoms with Crippen molar-refractivity contribution in [1.82, 2.24) is 4.98 Å². The number of aryl methyl sites for hydroxylation is 2. The Morgan fingerprint density at radius 3 is 2.75 bits per heavy atom. The van der Waals surface area contributed by atoms with E-state index in [1.807, 2.05) is 13.8 Å². The molecule has 0 spiro atoms. The predicted molar refractivity (Wildman–Crippen MR) is 84.1 cm³/mol. The number of carbonyl (C=O) groups excluding carboxylic acids is 1. The highest BCUT2D eigenvalue weighted by molar-refractivity contribution is 7.15. The summed E-state index contributed by atoms with van der Waals surface area (Å²) >= 11 is 1.62. The second kappa shape index (κ2) is 7.18. The molecule has 20 heavy (non-hydrogen) atoms. The summed E-state index contributed by atoms with van der Waals surface area (Å²) in [5.41, 5.74) is 7.14. The van der Waals surface area contributed by atoms with Crippen molar-refractivity contribution in [2.45, 2.75) is 64.8 Å². The van der Waals surface area contributed by atoms with Crippen LogP contribution >= 0.6 is 11.3 Å². The van der Waals surface area contributed by atoms with Crippen LogP contribution in [0, 0.1) is 5.92 Å². The number of hydrogen-bond donors (Lipinski definition) is 2. The first kappa shape index (κ1) is 15.4. The van der Waals surface area contributed by atoms with E-state index in [4.69, 9.17) is 5.73 Å². The molecule has 5 heteroatoms. The monoisotopic (exact) mass is 295 g/mol. The lowest BCUT2D eigenvalue weighted by Gasteiger charge is -2.16. The molecule has 4 nitrogen and oxygen atoms in total. The molecule has 0 radical (unpaired) electrons. The zero-order chi connectivity index (χ0) is 14.5. The number of thiazole rings is 1. The Balaban J connectivity index is 2.03. The van der Waals surface area contributed by atoms with Crippen LogP contribution in [0.3, 0.4) is 0 Å². The van der Waals surface area contributed by atoms with Crippen molar-refractivity contribution < 1.29 is 4.79 Å². The van der Waals surface area contributed by atoms with E-state index in [2.05, 4.69) is 10.3 Å².